The molecule has 208 valence electrons. The summed E-state index contributed by atoms with van der Waals surface area (Å²) in [6.45, 7) is 4.90. The fraction of sp³-hybridized carbons (Fsp3) is 0.0500. The van der Waals surface area contributed by atoms with Gasteiger partial charge in [-0.1, -0.05) is 122 Å². The molecule has 0 atom stereocenters. The van der Waals surface area contributed by atoms with Crippen molar-refractivity contribution in [1.29, 1.82) is 0 Å². The van der Waals surface area contributed by atoms with Crippen LogP contribution in [0.15, 0.2) is 140 Å². The lowest BCUT2D eigenvalue weighted by Gasteiger charge is -2.20. The van der Waals surface area contributed by atoms with Crippen molar-refractivity contribution in [3.8, 4) is 39.5 Å². The molecule has 0 aliphatic carbocycles. The van der Waals surface area contributed by atoms with E-state index in [4.69, 9.17) is 9.97 Å². The van der Waals surface area contributed by atoms with Crippen LogP contribution in [0.3, 0.4) is 0 Å². The van der Waals surface area contributed by atoms with Crippen LogP contribution in [0.2, 0.25) is 13.1 Å². The SMILES string of the molecule is C[Si]1(C)c2nc(-c3ccccc3)nc(-c3ccc4c(c3)c3ccccc3n4-c3ccccc3)c2-c2ccc3ccccc3c21. The summed E-state index contributed by atoms with van der Waals surface area (Å²) in [6.07, 6.45) is 0. The Morgan fingerprint density at radius 2 is 1.23 bits per heavy atom. The van der Waals surface area contributed by atoms with Gasteiger partial charge < -0.3 is 4.57 Å². The van der Waals surface area contributed by atoms with Crippen molar-refractivity contribution in [3.05, 3.63) is 140 Å². The molecule has 0 spiro atoms. The van der Waals surface area contributed by atoms with E-state index in [0.29, 0.717) is 0 Å². The van der Waals surface area contributed by atoms with Gasteiger partial charge in [0.2, 0.25) is 0 Å². The fourth-order valence-electron chi connectivity index (χ4n) is 7.34. The van der Waals surface area contributed by atoms with E-state index >= 15 is 0 Å². The minimum absolute atomic E-state index is 0.795. The zero-order valence-electron chi connectivity index (χ0n) is 24.6. The van der Waals surface area contributed by atoms with Gasteiger partial charge in [0.25, 0.3) is 0 Å². The second-order valence-corrected chi connectivity index (χ2v) is 16.5. The second-order valence-electron chi connectivity index (χ2n) is 12.2. The van der Waals surface area contributed by atoms with E-state index in [0.717, 1.165) is 28.3 Å². The first-order valence-electron chi connectivity index (χ1n) is 15.2. The second kappa shape index (κ2) is 9.34. The van der Waals surface area contributed by atoms with Crippen LogP contribution in [0, 0.1) is 0 Å². The van der Waals surface area contributed by atoms with Gasteiger partial charge in [-0.05, 0) is 51.9 Å². The van der Waals surface area contributed by atoms with Crippen LogP contribution in [-0.4, -0.2) is 22.6 Å². The number of aromatic nitrogens is 3. The predicted molar refractivity (Wildman–Crippen MR) is 187 cm³/mol. The summed E-state index contributed by atoms with van der Waals surface area (Å²) in [4.78, 5) is 10.8. The minimum Gasteiger partial charge on any atom is -0.309 e. The standard InChI is InChI=1S/C40H29N3Si/c1-44(2)38-30-18-10-9-13-26(30)21-23-32(38)36-37(41-39(42-40(36)44)27-14-5-3-6-15-27)28-22-24-35-33(25-28)31-19-11-12-20-34(31)43(35)29-16-7-4-8-17-29/h3-25H,1-2H3. The Hall–Kier alpha value is -5.32. The molecule has 0 radical (unpaired) electrons. The molecule has 0 saturated carbocycles. The largest absolute Gasteiger partial charge is 0.309 e. The highest BCUT2D eigenvalue weighted by molar-refractivity contribution is 7.04. The molecule has 4 heteroatoms. The summed E-state index contributed by atoms with van der Waals surface area (Å²) in [7, 11) is -2.17. The topological polar surface area (TPSA) is 30.7 Å². The number of benzene rings is 6. The Kier molecular flexibility index (Phi) is 5.35. The van der Waals surface area contributed by atoms with Crippen molar-refractivity contribution < 1.29 is 0 Å². The number of para-hydroxylation sites is 2. The first-order valence-corrected chi connectivity index (χ1v) is 18.2. The molecule has 44 heavy (non-hydrogen) atoms. The van der Waals surface area contributed by atoms with Crippen molar-refractivity contribution in [2.45, 2.75) is 13.1 Å². The minimum atomic E-state index is -2.17. The molecule has 0 saturated heterocycles. The third-order valence-corrected chi connectivity index (χ3v) is 12.7. The lowest BCUT2D eigenvalue weighted by Crippen LogP contribution is -2.51. The summed E-state index contributed by atoms with van der Waals surface area (Å²) in [5.74, 6) is 0.795. The lowest BCUT2D eigenvalue weighted by molar-refractivity contribution is 1.18. The quantitative estimate of drug-likeness (QED) is 0.196. The predicted octanol–water partition coefficient (Wildman–Crippen LogP) is 8.86. The Bertz CT molecular complexity index is 2410. The van der Waals surface area contributed by atoms with Crippen molar-refractivity contribution in [1.82, 2.24) is 14.5 Å². The first kappa shape index (κ1) is 25.2. The molecule has 3 heterocycles. The zero-order chi connectivity index (χ0) is 29.4. The van der Waals surface area contributed by atoms with E-state index in [1.807, 2.05) is 0 Å². The lowest BCUT2D eigenvalue weighted by atomic mass is 9.97. The highest BCUT2D eigenvalue weighted by Crippen LogP contribution is 2.40. The molecule has 2 aromatic heterocycles. The summed E-state index contributed by atoms with van der Waals surface area (Å²) in [5.41, 5.74) is 9.23. The van der Waals surface area contributed by atoms with E-state index in [1.165, 1.54) is 54.2 Å². The normalized spacial score (nSPS) is 13.4. The first-order chi connectivity index (χ1) is 21.6. The summed E-state index contributed by atoms with van der Waals surface area (Å²) >= 11 is 0. The van der Waals surface area contributed by atoms with Gasteiger partial charge in [-0.3, -0.25) is 0 Å². The average Bonchev–Trinajstić information content (AvgIpc) is 3.53. The smallest absolute Gasteiger partial charge is 0.159 e. The van der Waals surface area contributed by atoms with Crippen LogP contribution in [0.1, 0.15) is 0 Å². The molecule has 3 nitrogen and oxygen atoms in total. The summed E-state index contributed by atoms with van der Waals surface area (Å²) < 4.78 is 2.37. The maximum absolute atomic E-state index is 5.39. The third kappa shape index (κ3) is 3.55. The Balaban J connectivity index is 1.37. The Labute approximate surface area is 257 Å². The zero-order valence-corrected chi connectivity index (χ0v) is 25.6. The Morgan fingerprint density at radius 1 is 0.545 bits per heavy atom. The maximum atomic E-state index is 5.39. The van der Waals surface area contributed by atoms with Crippen molar-refractivity contribution in [2.24, 2.45) is 0 Å². The Morgan fingerprint density at radius 3 is 2.05 bits per heavy atom. The number of hydrogen-bond acceptors (Lipinski definition) is 2. The molecule has 9 rings (SSSR count). The monoisotopic (exact) mass is 579 g/mol. The highest BCUT2D eigenvalue weighted by Gasteiger charge is 2.42. The van der Waals surface area contributed by atoms with Crippen LogP contribution >= 0.6 is 0 Å². The van der Waals surface area contributed by atoms with Crippen LogP contribution < -0.4 is 10.5 Å². The molecule has 1 aliphatic heterocycles. The molecule has 0 unspecified atom stereocenters. The molecule has 0 N–H and O–H groups in total. The van der Waals surface area contributed by atoms with Crippen molar-refractivity contribution in [3.63, 3.8) is 0 Å². The molecule has 0 amide bonds. The van der Waals surface area contributed by atoms with Gasteiger partial charge in [0.1, 0.15) is 8.07 Å². The number of rotatable bonds is 3. The molecular weight excluding hydrogens is 551 g/mol. The van der Waals surface area contributed by atoms with Gasteiger partial charge >= 0.3 is 0 Å². The van der Waals surface area contributed by atoms with E-state index in [-0.39, 0.29) is 0 Å². The van der Waals surface area contributed by atoms with Gasteiger partial charge in [-0.15, -0.1) is 0 Å². The van der Waals surface area contributed by atoms with Crippen molar-refractivity contribution in [2.75, 3.05) is 0 Å². The summed E-state index contributed by atoms with van der Waals surface area (Å²) in [6, 6.07) is 50.0. The highest BCUT2D eigenvalue weighted by atomic mass is 28.3. The van der Waals surface area contributed by atoms with Crippen LogP contribution in [-0.2, 0) is 0 Å². The van der Waals surface area contributed by atoms with Crippen molar-refractivity contribution >= 4 is 51.2 Å². The molecule has 0 bridgehead atoms. The van der Waals surface area contributed by atoms with Gasteiger partial charge in [0.05, 0.1) is 16.7 Å². The molecule has 6 aromatic carbocycles. The third-order valence-electron chi connectivity index (χ3n) is 9.32. The number of hydrogen-bond donors (Lipinski definition) is 0. The molecular formula is C40H29N3Si. The van der Waals surface area contributed by atoms with E-state index in [2.05, 4.69) is 157 Å². The van der Waals surface area contributed by atoms with E-state index < -0.39 is 8.07 Å². The van der Waals surface area contributed by atoms with Gasteiger partial charge in [-0.2, -0.15) is 0 Å². The molecule has 8 aromatic rings. The number of fused-ring (bicyclic) bond motifs is 8. The van der Waals surface area contributed by atoms with Gasteiger partial charge in [0, 0.05) is 38.5 Å². The van der Waals surface area contributed by atoms with E-state index in [1.54, 1.807) is 0 Å². The number of nitrogens with zero attached hydrogens (tertiary/aromatic N) is 3. The molecule has 0 fully saturated rings. The van der Waals surface area contributed by atoms with Gasteiger partial charge in [0.15, 0.2) is 5.82 Å². The fourth-order valence-corrected chi connectivity index (χ4v) is 10.6. The van der Waals surface area contributed by atoms with Crippen LogP contribution in [0.5, 0.6) is 0 Å². The summed E-state index contributed by atoms with van der Waals surface area (Å²) in [5, 5.41) is 7.78. The maximum Gasteiger partial charge on any atom is 0.159 e. The van der Waals surface area contributed by atoms with Gasteiger partial charge in [-0.25, -0.2) is 9.97 Å². The van der Waals surface area contributed by atoms with E-state index in [9.17, 15) is 0 Å². The van der Waals surface area contributed by atoms with Crippen LogP contribution in [0.4, 0.5) is 0 Å². The van der Waals surface area contributed by atoms with Crippen LogP contribution in [0.25, 0.3) is 72.0 Å². The average molecular weight is 580 g/mol. The molecule has 1 aliphatic rings.